The third kappa shape index (κ3) is 4.65. The van der Waals surface area contributed by atoms with Crippen LogP contribution in [0.15, 0.2) is 29.3 Å². The zero-order chi connectivity index (χ0) is 25.0. The number of hydrogen-bond donors (Lipinski definition) is 1. The van der Waals surface area contributed by atoms with Gasteiger partial charge >= 0.3 is 5.97 Å². The van der Waals surface area contributed by atoms with E-state index in [0.29, 0.717) is 37.4 Å². The first-order chi connectivity index (χ1) is 17.4. The molecular weight excluding hydrogens is 503 g/mol. The molecule has 11 heteroatoms. The third-order valence-electron chi connectivity index (χ3n) is 7.32. The number of hydrogen-bond acceptors (Lipinski definition) is 7. The van der Waals surface area contributed by atoms with Crippen molar-refractivity contribution in [2.75, 3.05) is 37.9 Å². The average Bonchev–Trinajstić information content (AvgIpc) is 3.72. The van der Waals surface area contributed by atoms with E-state index in [-0.39, 0.29) is 36.2 Å². The standard InChI is InChI=1S/C26H27FN4O5.ClH/c1-15-25-20(13-35-14-36-25)16(10-28-15)11-29-4-6-30(7-5-29)23-9-22-18(8-21(23)27)24(32)19(26(33)34)12-31(22)17-2-3-17;/h8-10,12,17H,2-7,11,13-14H2,1H3,(H,33,34);1H. The number of ether oxygens (including phenoxy) is 2. The van der Waals surface area contributed by atoms with Gasteiger partial charge in [-0.15, -0.1) is 12.4 Å². The molecule has 3 aliphatic rings. The summed E-state index contributed by atoms with van der Waals surface area (Å²) in [4.78, 5) is 33.1. The number of benzene rings is 1. The Morgan fingerprint density at radius 2 is 1.97 bits per heavy atom. The van der Waals surface area contributed by atoms with Crippen LogP contribution in [0.5, 0.6) is 5.75 Å². The van der Waals surface area contributed by atoms with Crippen LogP contribution in [0.25, 0.3) is 10.9 Å². The van der Waals surface area contributed by atoms with Gasteiger partial charge in [0.15, 0.2) is 6.79 Å². The molecule has 0 radical (unpaired) electrons. The number of piperazine rings is 1. The van der Waals surface area contributed by atoms with E-state index in [4.69, 9.17) is 9.47 Å². The number of fused-ring (bicyclic) bond motifs is 2. The summed E-state index contributed by atoms with van der Waals surface area (Å²) in [7, 11) is 0. The van der Waals surface area contributed by atoms with E-state index in [0.717, 1.165) is 48.5 Å². The molecule has 0 bridgehead atoms. The molecule has 6 rings (SSSR count). The monoisotopic (exact) mass is 530 g/mol. The van der Waals surface area contributed by atoms with Gasteiger partial charge in [-0.05, 0) is 37.5 Å². The Hall–Kier alpha value is -3.21. The number of carboxylic acids is 1. The summed E-state index contributed by atoms with van der Waals surface area (Å²) in [6, 6.07) is 3.05. The van der Waals surface area contributed by atoms with Crippen molar-refractivity contribution < 1.29 is 23.8 Å². The molecule has 0 unspecified atom stereocenters. The van der Waals surface area contributed by atoms with Crippen molar-refractivity contribution in [2.24, 2.45) is 0 Å². The molecule has 37 heavy (non-hydrogen) atoms. The minimum absolute atomic E-state index is 0. The summed E-state index contributed by atoms with van der Waals surface area (Å²) < 4.78 is 28.2. The Balaban J connectivity index is 0.00000280. The Bertz CT molecular complexity index is 1430. The van der Waals surface area contributed by atoms with Crippen LogP contribution in [0.2, 0.25) is 0 Å². The van der Waals surface area contributed by atoms with Gasteiger partial charge in [0.2, 0.25) is 5.43 Å². The van der Waals surface area contributed by atoms with Crippen LogP contribution < -0.4 is 15.1 Å². The molecule has 1 aliphatic carbocycles. The van der Waals surface area contributed by atoms with E-state index in [9.17, 15) is 14.7 Å². The molecule has 2 aliphatic heterocycles. The van der Waals surface area contributed by atoms with Gasteiger partial charge in [-0.1, -0.05) is 0 Å². The lowest BCUT2D eigenvalue weighted by Crippen LogP contribution is -2.46. The first-order valence-corrected chi connectivity index (χ1v) is 12.2. The van der Waals surface area contributed by atoms with E-state index in [1.807, 2.05) is 22.6 Å². The number of aryl methyl sites for hydroxylation is 1. The van der Waals surface area contributed by atoms with Crippen LogP contribution in [0.3, 0.4) is 0 Å². The number of pyridine rings is 2. The normalized spacial score (nSPS) is 17.7. The first-order valence-electron chi connectivity index (χ1n) is 12.2. The lowest BCUT2D eigenvalue weighted by molar-refractivity contribution is -0.0180. The Kier molecular flexibility index (Phi) is 6.82. The summed E-state index contributed by atoms with van der Waals surface area (Å²) in [5.41, 5.74) is 3.03. The fourth-order valence-electron chi connectivity index (χ4n) is 5.20. The van der Waals surface area contributed by atoms with Crippen LogP contribution in [0, 0.1) is 12.7 Å². The number of halogens is 2. The zero-order valence-corrected chi connectivity index (χ0v) is 21.2. The number of aromatic carboxylic acids is 1. The zero-order valence-electron chi connectivity index (χ0n) is 20.4. The summed E-state index contributed by atoms with van der Waals surface area (Å²) in [6.45, 7) is 6.08. The van der Waals surface area contributed by atoms with Crippen molar-refractivity contribution in [3.63, 3.8) is 0 Å². The van der Waals surface area contributed by atoms with Gasteiger partial charge in [0.05, 0.1) is 23.5 Å². The summed E-state index contributed by atoms with van der Waals surface area (Å²) in [5.74, 6) is -0.993. The van der Waals surface area contributed by atoms with Crippen molar-refractivity contribution in [1.29, 1.82) is 0 Å². The third-order valence-corrected chi connectivity index (χ3v) is 7.32. The molecule has 2 fully saturated rings. The van der Waals surface area contributed by atoms with E-state index < -0.39 is 17.2 Å². The minimum atomic E-state index is -1.29. The van der Waals surface area contributed by atoms with E-state index in [2.05, 4.69) is 9.88 Å². The second kappa shape index (κ2) is 9.92. The highest BCUT2D eigenvalue weighted by Gasteiger charge is 2.29. The SMILES string of the molecule is Cc1ncc(CN2CCN(c3cc4c(cc3F)c(=O)c(C(=O)O)cn4C3CC3)CC2)c2c1OCOC2.Cl. The first kappa shape index (κ1) is 25.4. The quantitative estimate of drug-likeness (QED) is 0.535. The number of rotatable bonds is 5. The molecule has 196 valence electrons. The summed E-state index contributed by atoms with van der Waals surface area (Å²) >= 11 is 0. The minimum Gasteiger partial charge on any atom is -0.477 e. The highest BCUT2D eigenvalue weighted by atomic mass is 35.5. The second-order valence-electron chi connectivity index (χ2n) is 9.69. The molecule has 3 aromatic rings. The highest BCUT2D eigenvalue weighted by Crippen LogP contribution is 2.38. The maximum Gasteiger partial charge on any atom is 0.341 e. The molecule has 0 spiro atoms. The molecule has 4 heterocycles. The van der Waals surface area contributed by atoms with E-state index in [1.54, 1.807) is 6.07 Å². The molecule has 1 N–H and O–H groups in total. The Labute approximate surface area is 218 Å². The number of carboxylic acid groups (broad SMARTS) is 1. The fourth-order valence-corrected chi connectivity index (χ4v) is 5.20. The molecular formula is C26H28ClFN4O5. The summed E-state index contributed by atoms with van der Waals surface area (Å²) in [6.07, 6.45) is 5.12. The number of nitrogens with zero attached hydrogens (tertiary/aromatic N) is 4. The van der Waals surface area contributed by atoms with Crippen LogP contribution in [-0.2, 0) is 17.9 Å². The molecule has 0 amide bonds. The average molecular weight is 531 g/mol. The van der Waals surface area contributed by atoms with Crippen LogP contribution in [0.1, 0.15) is 46.1 Å². The lowest BCUT2D eigenvalue weighted by atomic mass is 10.1. The van der Waals surface area contributed by atoms with Gasteiger partial charge in [0, 0.05) is 62.1 Å². The largest absolute Gasteiger partial charge is 0.477 e. The molecule has 1 saturated carbocycles. The molecule has 9 nitrogen and oxygen atoms in total. The van der Waals surface area contributed by atoms with Crippen molar-refractivity contribution in [2.45, 2.75) is 39.0 Å². The van der Waals surface area contributed by atoms with Gasteiger partial charge in [-0.3, -0.25) is 14.7 Å². The molecule has 1 saturated heterocycles. The van der Waals surface area contributed by atoms with Crippen molar-refractivity contribution in [3.8, 4) is 5.75 Å². The van der Waals surface area contributed by atoms with Gasteiger partial charge < -0.3 is 24.0 Å². The second-order valence-corrected chi connectivity index (χ2v) is 9.69. The fraction of sp³-hybridized carbons (Fsp3) is 0.423. The van der Waals surface area contributed by atoms with E-state index in [1.165, 1.54) is 12.3 Å². The highest BCUT2D eigenvalue weighted by molar-refractivity contribution is 5.93. The maximum absolute atomic E-state index is 15.2. The lowest BCUT2D eigenvalue weighted by Gasteiger charge is -2.37. The topological polar surface area (TPSA) is 97.1 Å². The van der Waals surface area contributed by atoms with E-state index >= 15 is 4.39 Å². The summed E-state index contributed by atoms with van der Waals surface area (Å²) in [5, 5.41) is 9.56. The maximum atomic E-state index is 15.2. The molecule has 2 aromatic heterocycles. The number of anilines is 1. The number of carbonyl (C=O) groups is 1. The molecule has 1 aromatic carbocycles. The van der Waals surface area contributed by atoms with Gasteiger partial charge in [-0.25, -0.2) is 9.18 Å². The van der Waals surface area contributed by atoms with Crippen molar-refractivity contribution >= 4 is 35.0 Å². The van der Waals surface area contributed by atoms with Gasteiger partial charge in [-0.2, -0.15) is 0 Å². The number of aromatic nitrogens is 2. The van der Waals surface area contributed by atoms with Crippen molar-refractivity contribution in [1.82, 2.24) is 14.5 Å². The van der Waals surface area contributed by atoms with Crippen LogP contribution in [-0.4, -0.2) is 58.5 Å². The Morgan fingerprint density at radius 1 is 1.22 bits per heavy atom. The van der Waals surface area contributed by atoms with Gasteiger partial charge in [0.1, 0.15) is 17.1 Å². The predicted molar refractivity (Wildman–Crippen MR) is 137 cm³/mol. The van der Waals surface area contributed by atoms with Crippen molar-refractivity contribution in [3.05, 3.63) is 63.0 Å². The predicted octanol–water partition coefficient (Wildman–Crippen LogP) is 3.49. The molecule has 0 atom stereocenters. The van der Waals surface area contributed by atoms with Crippen LogP contribution in [0.4, 0.5) is 10.1 Å². The van der Waals surface area contributed by atoms with Gasteiger partial charge in [0.25, 0.3) is 0 Å². The Morgan fingerprint density at radius 3 is 2.68 bits per heavy atom. The van der Waals surface area contributed by atoms with Crippen LogP contribution >= 0.6 is 12.4 Å². The smallest absolute Gasteiger partial charge is 0.341 e.